The van der Waals surface area contributed by atoms with Gasteiger partial charge in [-0.1, -0.05) is 0 Å². The van der Waals surface area contributed by atoms with Crippen molar-refractivity contribution in [3.8, 4) is 16.9 Å². The first-order chi connectivity index (χ1) is 16.6. The van der Waals surface area contributed by atoms with Crippen molar-refractivity contribution in [2.45, 2.75) is 10.1 Å². The molecule has 1 aromatic carbocycles. The van der Waals surface area contributed by atoms with Gasteiger partial charge in [0.1, 0.15) is 5.75 Å². The van der Waals surface area contributed by atoms with Gasteiger partial charge in [-0.2, -0.15) is 5.10 Å². The Morgan fingerprint density at radius 3 is 2.74 bits per heavy atom. The summed E-state index contributed by atoms with van der Waals surface area (Å²) in [6.07, 6.45) is 10.6. The van der Waals surface area contributed by atoms with Crippen LogP contribution < -0.4 is 10.1 Å². The summed E-state index contributed by atoms with van der Waals surface area (Å²) in [5.74, 6) is 0.669. The molecule has 4 aromatic heterocycles. The summed E-state index contributed by atoms with van der Waals surface area (Å²) < 4.78 is 9.51. The van der Waals surface area contributed by atoms with E-state index in [9.17, 15) is 0 Å². The zero-order valence-corrected chi connectivity index (χ0v) is 19.7. The number of allylic oxidation sites excluding steroid dienone is 1. The van der Waals surface area contributed by atoms with Crippen LogP contribution in [0.1, 0.15) is 5.56 Å². The lowest BCUT2D eigenvalue weighted by Gasteiger charge is -2.12. The number of aromatic nitrogens is 6. The van der Waals surface area contributed by atoms with Crippen LogP contribution in [0.15, 0.2) is 71.4 Å². The summed E-state index contributed by atoms with van der Waals surface area (Å²) in [7, 11) is 5.32. The molecule has 34 heavy (non-hydrogen) atoms. The third kappa shape index (κ3) is 3.88. The highest BCUT2D eigenvalue weighted by Crippen LogP contribution is 2.36. The molecule has 0 saturated heterocycles. The van der Waals surface area contributed by atoms with Crippen LogP contribution in [-0.2, 0) is 7.05 Å². The number of methoxy groups -OCH3 is 1. The summed E-state index contributed by atoms with van der Waals surface area (Å²) in [6.45, 7) is 0. The summed E-state index contributed by atoms with van der Waals surface area (Å²) in [5.41, 5.74) is 5.06. The highest BCUT2D eigenvalue weighted by molar-refractivity contribution is 7.99. The molecule has 5 aromatic rings. The summed E-state index contributed by atoms with van der Waals surface area (Å²) in [5, 5.41) is 25.3. The number of ether oxygens (including phenoxy) is 1. The van der Waals surface area contributed by atoms with Gasteiger partial charge in [-0.05, 0) is 42.1 Å². The number of pyridine rings is 2. The van der Waals surface area contributed by atoms with Gasteiger partial charge in [0.05, 0.1) is 18.8 Å². The average molecular weight is 471 g/mol. The molecular formula is C24H22N8OS. The van der Waals surface area contributed by atoms with Crippen molar-refractivity contribution in [3.05, 3.63) is 66.9 Å². The average Bonchev–Trinajstić information content (AvgIpc) is 3.47. The molecule has 0 saturated carbocycles. The smallest absolute Gasteiger partial charge is 0.200 e. The van der Waals surface area contributed by atoms with Gasteiger partial charge in [-0.15, -0.1) is 10.2 Å². The second-order valence-corrected chi connectivity index (χ2v) is 8.59. The first kappa shape index (κ1) is 21.7. The molecule has 5 rings (SSSR count). The van der Waals surface area contributed by atoms with Crippen LogP contribution in [0.5, 0.6) is 5.75 Å². The quantitative estimate of drug-likeness (QED) is 0.346. The molecule has 0 aliphatic carbocycles. The maximum atomic E-state index is 7.77. The van der Waals surface area contributed by atoms with E-state index in [1.807, 2.05) is 60.4 Å². The van der Waals surface area contributed by atoms with E-state index in [1.54, 1.807) is 31.2 Å². The molecule has 0 aliphatic heterocycles. The molecule has 0 bridgehead atoms. The first-order valence-corrected chi connectivity index (χ1v) is 11.3. The van der Waals surface area contributed by atoms with Crippen LogP contribution in [0, 0.1) is 5.41 Å². The Labute approximate surface area is 200 Å². The molecule has 0 atom stereocenters. The predicted molar refractivity (Wildman–Crippen MR) is 133 cm³/mol. The zero-order valence-electron chi connectivity index (χ0n) is 18.9. The molecule has 10 heteroatoms. The maximum absolute atomic E-state index is 7.77. The molecule has 0 unspecified atom stereocenters. The van der Waals surface area contributed by atoms with E-state index in [-0.39, 0.29) is 0 Å². The monoisotopic (exact) mass is 470 g/mol. The number of rotatable bonds is 7. The van der Waals surface area contributed by atoms with Crippen molar-refractivity contribution in [1.29, 1.82) is 5.41 Å². The van der Waals surface area contributed by atoms with Crippen LogP contribution in [-0.4, -0.2) is 49.7 Å². The molecule has 0 radical (unpaired) electrons. The van der Waals surface area contributed by atoms with Crippen LogP contribution in [0.3, 0.4) is 0 Å². The maximum Gasteiger partial charge on any atom is 0.200 e. The fourth-order valence-corrected chi connectivity index (χ4v) is 4.62. The predicted octanol–water partition coefficient (Wildman–Crippen LogP) is 4.05. The molecule has 0 aliphatic rings. The number of aryl methyl sites for hydroxylation is 1. The van der Waals surface area contributed by atoms with E-state index in [2.05, 4.69) is 25.6 Å². The van der Waals surface area contributed by atoms with Crippen molar-refractivity contribution in [2.75, 3.05) is 14.2 Å². The minimum Gasteiger partial charge on any atom is -0.495 e. The molecule has 0 amide bonds. The number of hydrogen-bond donors (Lipinski definition) is 2. The van der Waals surface area contributed by atoms with E-state index in [0.29, 0.717) is 11.3 Å². The molecule has 0 spiro atoms. The lowest BCUT2D eigenvalue weighted by Crippen LogP contribution is -2.00. The van der Waals surface area contributed by atoms with Crippen molar-refractivity contribution >= 4 is 40.1 Å². The van der Waals surface area contributed by atoms with Crippen molar-refractivity contribution in [2.24, 2.45) is 7.05 Å². The van der Waals surface area contributed by atoms with Gasteiger partial charge in [-0.25, -0.2) is 0 Å². The van der Waals surface area contributed by atoms with E-state index in [4.69, 9.17) is 10.1 Å². The van der Waals surface area contributed by atoms with Crippen LogP contribution in [0.25, 0.3) is 33.3 Å². The van der Waals surface area contributed by atoms with Gasteiger partial charge < -0.3 is 15.5 Å². The second-order valence-electron chi connectivity index (χ2n) is 7.55. The van der Waals surface area contributed by atoms with Gasteiger partial charge in [0.15, 0.2) is 10.8 Å². The highest BCUT2D eigenvalue weighted by atomic mass is 32.2. The lowest BCUT2D eigenvalue weighted by atomic mass is 10.1. The third-order valence-corrected chi connectivity index (χ3v) is 6.33. The van der Waals surface area contributed by atoms with Gasteiger partial charge in [-0.3, -0.25) is 14.1 Å². The zero-order chi connectivity index (χ0) is 23.7. The molecule has 4 heterocycles. The fourth-order valence-electron chi connectivity index (χ4n) is 3.77. The van der Waals surface area contributed by atoms with Gasteiger partial charge in [0, 0.05) is 77.6 Å². The highest BCUT2D eigenvalue weighted by Gasteiger charge is 2.15. The minimum atomic E-state index is 0.669. The normalized spacial score (nSPS) is 11.8. The lowest BCUT2D eigenvalue weighted by molar-refractivity contribution is 0.418. The van der Waals surface area contributed by atoms with Gasteiger partial charge in [0.25, 0.3) is 0 Å². The van der Waals surface area contributed by atoms with Crippen molar-refractivity contribution in [1.82, 2.24) is 34.7 Å². The van der Waals surface area contributed by atoms with Crippen LogP contribution in [0.4, 0.5) is 0 Å². The molecule has 9 nitrogen and oxygen atoms in total. The van der Waals surface area contributed by atoms with Crippen molar-refractivity contribution < 1.29 is 4.74 Å². The Morgan fingerprint density at radius 1 is 1.12 bits per heavy atom. The van der Waals surface area contributed by atoms with Crippen LogP contribution in [0.2, 0.25) is 0 Å². The molecule has 0 fully saturated rings. The number of nitrogens with one attached hydrogen (secondary N) is 2. The number of nitrogens with zero attached hydrogens (tertiary/aromatic N) is 6. The Morgan fingerprint density at radius 2 is 2.00 bits per heavy atom. The molecule has 2 N–H and O–H groups in total. The topological polar surface area (TPSA) is 106 Å². The number of hydrogen-bond acceptors (Lipinski definition) is 8. The first-order valence-electron chi connectivity index (χ1n) is 10.5. The third-order valence-electron chi connectivity index (χ3n) is 5.38. The summed E-state index contributed by atoms with van der Waals surface area (Å²) in [4.78, 5) is 5.55. The van der Waals surface area contributed by atoms with E-state index in [0.717, 1.165) is 43.3 Å². The van der Waals surface area contributed by atoms with Gasteiger partial charge >= 0.3 is 0 Å². The van der Waals surface area contributed by atoms with Gasteiger partial charge in [0.2, 0.25) is 0 Å². The van der Waals surface area contributed by atoms with E-state index < -0.39 is 0 Å². The molecular weight excluding hydrogens is 448 g/mol. The Bertz CT molecular complexity index is 1550. The van der Waals surface area contributed by atoms with Crippen molar-refractivity contribution in [3.63, 3.8) is 0 Å². The molecule has 170 valence electrons. The largest absolute Gasteiger partial charge is 0.495 e. The number of benzene rings is 1. The van der Waals surface area contributed by atoms with Crippen LogP contribution >= 0.6 is 11.8 Å². The fraction of sp³-hybridized carbons (Fsp3) is 0.125. The Hall–Kier alpha value is -4.18. The Balaban J connectivity index is 1.56. The number of fused-ring (bicyclic) bond motifs is 2. The second kappa shape index (κ2) is 8.99. The Kier molecular flexibility index (Phi) is 5.72. The SMILES string of the molecule is CN/C=C(\C=N)c1cnc2ccc(Sc3nnc4ccc(-c5cnn(C)c5)cn34)cc2c1OC. The summed E-state index contributed by atoms with van der Waals surface area (Å²) in [6, 6.07) is 9.96. The van der Waals surface area contributed by atoms with E-state index in [1.165, 1.54) is 18.0 Å². The minimum absolute atomic E-state index is 0.669. The standard InChI is InChI=1S/C24H22N8OS/c1-26-10-16(9-25)20-12-27-21-6-5-18(8-19(21)23(20)33-3)34-24-30-29-22-7-4-15(14-32(22)24)17-11-28-31(2)13-17/h4-14,25-26H,1-3H3/b16-10+,25-9?. The van der Waals surface area contributed by atoms with E-state index >= 15 is 0 Å². The summed E-state index contributed by atoms with van der Waals surface area (Å²) >= 11 is 1.51.